The van der Waals surface area contributed by atoms with Gasteiger partial charge in [-0.25, -0.2) is 0 Å². The van der Waals surface area contributed by atoms with E-state index in [0.717, 1.165) is 11.2 Å². The van der Waals surface area contributed by atoms with Gasteiger partial charge in [0.1, 0.15) is 0 Å². The maximum atomic E-state index is 3.74. The Kier molecular flexibility index (Phi) is 7.10. The van der Waals surface area contributed by atoms with E-state index < -0.39 is 0 Å². The molecule has 1 unspecified atom stereocenters. The van der Waals surface area contributed by atoms with Crippen molar-refractivity contribution in [3.63, 3.8) is 0 Å². The maximum absolute atomic E-state index is 3.74. The lowest BCUT2D eigenvalue weighted by molar-refractivity contribution is 0.161. The topological polar surface area (TPSA) is 3.24 Å². The molecule has 1 rings (SSSR count). The van der Waals surface area contributed by atoms with Crippen molar-refractivity contribution < 1.29 is 0 Å². The molecule has 1 aliphatic heterocycles. The van der Waals surface area contributed by atoms with Crippen LogP contribution in [0.4, 0.5) is 0 Å². The van der Waals surface area contributed by atoms with E-state index in [1.165, 1.54) is 58.2 Å². The summed E-state index contributed by atoms with van der Waals surface area (Å²) in [5.41, 5.74) is 0.506. The minimum atomic E-state index is 0.506. The molecule has 0 amide bonds. The number of likely N-dealkylation sites (tertiary alicyclic amines) is 1. The average Bonchev–Trinajstić information content (AvgIpc) is 2.61. The van der Waals surface area contributed by atoms with E-state index >= 15 is 0 Å². The summed E-state index contributed by atoms with van der Waals surface area (Å²) in [5.74, 6) is 0.988. The zero-order chi connectivity index (χ0) is 12.7. The lowest BCUT2D eigenvalue weighted by Crippen LogP contribution is -2.39. The zero-order valence-electron chi connectivity index (χ0n) is 12.0. The van der Waals surface area contributed by atoms with E-state index in [1.807, 2.05) is 0 Å². The summed E-state index contributed by atoms with van der Waals surface area (Å²) < 4.78 is 0. The number of rotatable bonds is 6. The third-order valence-corrected chi connectivity index (χ3v) is 6.05. The van der Waals surface area contributed by atoms with Gasteiger partial charge in [-0.1, -0.05) is 43.1 Å². The SMILES string of the molecule is CCC1CCCN(CC(CC)(CC)CBr)CC1. The van der Waals surface area contributed by atoms with Gasteiger partial charge in [0.05, 0.1) is 0 Å². The van der Waals surface area contributed by atoms with Crippen LogP contribution in [0.1, 0.15) is 59.3 Å². The fourth-order valence-electron chi connectivity index (χ4n) is 2.97. The predicted molar refractivity (Wildman–Crippen MR) is 80.9 cm³/mol. The van der Waals surface area contributed by atoms with Gasteiger partial charge in [0.25, 0.3) is 0 Å². The molecule has 0 aliphatic carbocycles. The number of hydrogen-bond acceptors (Lipinski definition) is 1. The molecule has 1 fully saturated rings. The largest absolute Gasteiger partial charge is 0.303 e. The molecule has 102 valence electrons. The molecule has 0 radical (unpaired) electrons. The third-order valence-electron chi connectivity index (χ3n) is 4.86. The number of halogens is 1. The van der Waals surface area contributed by atoms with Gasteiger partial charge in [0, 0.05) is 11.9 Å². The smallest absolute Gasteiger partial charge is 0.01000 e. The Balaban J connectivity index is 2.50. The highest BCUT2D eigenvalue weighted by molar-refractivity contribution is 9.09. The highest BCUT2D eigenvalue weighted by atomic mass is 79.9. The minimum absolute atomic E-state index is 0.506. The van der Waals surface area contributed by atoms with Crippen LogP contribution < -0.4 is 0 Å². The van der Waals surface area contributed by atoms with Gasteiger partial charge in [-0.05, 0) is 56.5 Å². The van der Waals surface area contributed by atoms with Crippen LogP contribution >= 0.6 is 15.9 Å². The summed E-state index contributed by atoms with van der Waals surface area (Å²) in [6.45, 7) is 11.0. The van der Waals surface area contributed by atoms with Crippen LogP contribution in [0.25, 0.3) is 0 Å². The van der Waals surface area contributed by atoms with Crippen LogP contribution in [0.5, 0.6) is 0 Å². The Morgan fingerprint density at radius 2 is 1.82 bits per heavy atom. The Morgan fingerprint density at radius 3 is 2.35 bits per heavy atom. The van der Waals surface area contributed by atoms with Crippen LogP contribution in [-0.2, 0) is 0 Å². The summed E-state index contributed by atoms with van der Waals surface area (Å²) in [4.78, 5) is 2.73. The van der Waals surface area contributed by atoms with E-state index in [1.54, 1.807) is 0 Å². The quantitative estimate of drug-likeness (QED) is 0.643. The zero-order valence-corrected chi connectivity index (χ0v) is 13.6. The molecule has 0 spiro atoms. The first-order valence-electron chi connectivity index (χ1n) is 7.48. The molecule has 0 aromatic carbocycles. The third kappa shape index (κ3) is 4.55. The van der Waals surface area contributed by atoms with Crippen molar-refractivity contribution in [2.75, 3.05) is 25.0 Å². The first-order chi connectivity index (χ1) is 8.19. The summed E-state index contributed by atoms with van der Waals surface area (Å²) in [7, 11) is 0. The Labute approximate surface area is 116 Å². The Bertz CT molecular complexity index is 193. The van der Waals surface area contributed by atoms with Crippen LogP contribution in [0.3, 0.4) is 0 Å². The van der Waals surface area contributed by atoms with Crippen molar-refractivity contribution >= 4 is 15.9 Å². The van der Waals surface area contributed by atoms with Crippen molar-refractivity contribution in [2.45, 2.75) is 59.3 Å². The van der Waals surface area contributed by atoms with E-state index in [2.05, 4.69) is 41.6 Å². The van der Waals surface area contributed by atoms with Crippen molar-refractivity contribution in [3.8, 4) is 0 Å². The first kappa shape index (κ1) is 15.5. The molecule has 2 heteroatoms. The molecule has 0 bridgehead atoms. The normalized spacial score (nSPS) is 23.6. The van der Waals surface area contributed by atoms with E-state index in [-0.39, 0.29) is 0 Å². The number of alkyl halides is 1. The van der Waals surface area contributed by atoms with Crippen molar-refractivity contribution in [2.24, 2.45) is 11.3 Å². The standard InChI is InChI=1S/C15H30BrN/c1-4-14-8-7-10-17(11-9-14)13-15(5-2,6-3)12-16/h14H,4-13H2,1-3H3. The van der Waals surface area contributed by atoms with E-state index in [0.29, 0.717) is 5.41 Å². The minimum Gasteiger partial charge on any atom is -0.303 e. The lowest BCUT2D eigenvalue weighted by atomic mass is 9.84. The second kappa shape index (κ2) is 7.78. The van der Waals surface area contributed by atoms with Gasteiger partial charge in [-0.15, -0.1) is 0 Å². The molecular weight excluding hydrogens is 274 g/mol. The second-order valence-corrected chi connectivity index (χ2v) is 6.38. The summed E-state index contributed by atoms with van der Waals surface area (Å²) >= 11 is 3.74. The van der Waals surface area contributed by atoms with E-state index in [9.17, 15) is 0 Å². The Morgan fingerprint density at radius 1 is 1.12 bits per heavy atom. The van der Waals surface area contributed by atoms with Crippen LogP contribution in [0.15, 0.2) is 0 Å². The average molecular weight is 304 g/mol. The first-order valence-corrected chi connectivity index (χ1v) is 8.60. The van der Waals surface area contributed by atoms with Crippen LogP contribution in [-0.4, -0.2) is 29.9 Å². The summed E-state index contributed by atoms with van der Waals surface area (Å²) in [5, 5.41) is 1.15. The molecule has 17 heavy (non-hydrogen) atoms. The van der Waals surface area contributed by atoms with Gasteiger partial charge in [0.15, 0.2) is 0 Å². The molecule has 1 nitrogen and oxygen atoms in total. The molecule has 1 atom stereocenters. The predicted octanol–water partition coefficient (Wildman–Crippen LogP) is 4.70. The molecular formula is C15H30BrN. The van der Waals surface area contributed by atoms with Crippen molar-refractivity contribution in [3.05, 3.63) is 0 Å². The van der Waals surface area contributed by atoms with Gasteiger partial charge in [-0.3, -0.25) is 0 Å². The number of hydrogen-bond donors (Lipinski definition) is 0. The Hall–Kier alpha value is 0.440. The van der Waals surface area contributed by atoms with Gasteiger partial charge < -0.3 is 4.90 Å². The van der Waals surface area contributed by atoms with Crippen molar-refractivity contribution in [1.82, 2.24) is 4.90 Å². The summed E-state index contributed by atoms with van der Waals surface area (Å²) in [6, 6.07) is 0. The fourth-order valence-corrected chi connectivity index (χ4v) is 3.94. The molecule has 0 saturated carbocycles. The molecule has 0 aromatic heterocycles. The van der Waals surface area contributed by atoms with Crippen LogP contribution in [0.2, 0.25) is 0 Å². The van der Waals surface area contributed by atoms with E-state index in [4.69, 9.17) is 0 Å². The molecule has 1 aliphatic rings. The molecule has 1 heterocycles. The van der Waals surface area contributed by atoms with Crippen LogP contribution in [0, 0.1) is 11.3 Å². The lowest BCUT2D eigenvalue weighted by Gasteiger charge is -2.35. The maximum Gasteiger partial charge on any atom is 0.01000 e. The molecule has 0 aromatic rings. The monoisotopic (exact) mass is 303 g/mol. The summed E-state index contributed by atoms with van der Waals surface area (Å²) in [6.07, 6.45) is 8.24. The second-order valence-electron chi connectivity index (χ2n) is 5.82. The molecule has 1 saturated heterocycles. The molecule has 0 N–H and O–H groups in total. The number of nitrogens with zero attached hydrogens (tertiary/aromatic N) is 1. The van der Waals surface area contributed by atoms with Crippen molar-refractivity contribution in [1.29, 1.82) is 0 Å². The van der Waals surface area contributed by atoms with Gasteiger partial charge in [0.2, 0.25) is 0 Å². The highest BCUT2D eigenvalue weighted by Gasteiger charge is 2.28. The fraction of sp³-hybridized carbons (Fsp3) is 1.00. The highest BCUT2D eigenvalue weighted by Crippen LogP contribution is 2.31. The van der Waals surface area contributed by atoms with Gasteiger partial charge >= 0.3 is 0 Å². The van der Waals surface area contributed by atoms with Gasteiger partial charge in [-0.2, -0.15) is 0 Å².